The van der Waals surface area contributed by atoms with E-state index in [0.717, 1.165) is 49.5 Å². The Morgan fingerprint density at radius 2 is 2.05 bits per heavy atom. The second-order valence-corrected chi connectivity index (χ2v) is 4.75. The summed E-state index contributed by atoms with van der Waals surface area (Å²) in [5, 5.41) is 7.60. The highest BCUT2D eigenvalue weighted by molar-refractivity contribution is 5.28. The molecule has 0 saturated carbocycles. The van der Waals surface area contributed by atoms with Crippen molar-refractivity contribution in [2.45, 2.75) is 39.8 Å². The molecule has 0 aliphatic rings. The third-order valence-electron chi connectivity index (χ3n) is 2.82. The van der Waals surface area contributed by atoms with E-state index >= 15 is 0 Å². The lowest BCUT2D eigenvalue weighted by atomic mass is 10.2. The van der Waals surface area contributed by atoms with Crippen molar-refractivity contribution in [3.05, 3.63) is 36.4 Å². The minimum absolute atomic E-state index is 0.747. The molecule has 0 aromatic carbocycles. The normalized spacial score (nSPS) is 10.7. The van der Waals surface area contributed by atoms with Gasteiger partial charge < -0.3 is 10.1 Å². The van der Waals surface area contributed by atoms with Gasteiger partial charge in [0, 0.05) is 19.3 Å². The maximum absolute atomic E-state index is 5.78. The first kappa shape index (κ1) is 14.5. The summed E-state index contributed by atoms with van der Waals surface area (Å²) in [5.41, 5.74) is 1.12. The van der Waals surface area contributed by atoms with Crippen molar-refractivity contribution >= 4 is 0 Å². The van der Waals surface area contributed by atoms with Gasteiger partial charge in [-0.1, -0.05) is 13.8 Å². The van der Waals surface area contributed by atoms with Crippen LogP contribution in [0.4, 0.5) is 0 Å². The molecule has 0 radical (unpaired) electrons. The first-order valence-electron chi connectivity index (χ1n) is 7.16. The summed E-state index contributed by atoms with van der Waals surface area (Å²) in [6, 6.07) is 2.01. The van der Waals surface area contributed by atoms with Crippen molar-refractivity contribution in [3.8, 4) is 11.5 Å². The van der Waals surface area contributed by atoms with E-state index in [0.29, 0.717) is 0 Å². The van der Waals surface area contributed by atoms with E-state index in [1.165, 1.54) is 0 Å². The summed E-state index contributed by atoms with van der Waals surface area (Å²) in [4.78, 5) is 4.21. The Labute approximate surface area is 120 Å². The Morgan fingerprint density at radius 3 is 2.85 bits per heavy atom. The third-order valence-corrected chi connectivity index (χ3v) is 2.82. The van der Waals surface area contributed by atoms with Crippen LogP contribution in [0.5, 0.6) is 11.5 Å². The molecular formula is C15H22N4O. The van der Waals surface area contributed by atoms with Gasteiger partial charge in [0.15, 0.2) is 5.75 Å². The zero-order valence-electron chi connectivity index (χ0n) is 12.2. The van der Waals surface area contributed by atoms with Gasteiger partial charge in [0.2, 0.25) is 0 Å². The summed E-state index contributed by atoms with van der Waals surface area (Å²) >= 11 is 0. The second kappa shape index (κ2) is 7.65. The van der Waals surface area contributed by atoms with Gasteiger partial charge in [0.25, 0.3) is 0 Å². The number of pyridine rings is 1. The maximum atomic E-state index is 5.78. The first-order valence-corrected chi connectivity index (χ1v) is 7.16. The van der Waals surface area contributed by atoms with Crippen molar-refractivity contribution in [2.24, 2.45) is 0 Å². The van der Waals surface area contributed by atoms with E-state index in [2.05, 4.69) is 29.2 Å². The van der Waals surface area contributed by atoms with E-state index in [9.17, 15) is 0 Å². The van der Waals surface area contributed by atoms with Crippen LogP contribution in [0.1, 0.15) is 32.3 Å². The van der Waals surface area contributed by atoms with E-state index in [4.69, 9.17) is 4.74 Å². The number of hydrogen-bond donors (Lipinski definition) is 1. The van der Waals surface area contributed by atoms with Crippen LogP contribution in [0.3, 0.4) is 0 Å². The minimum Gasteiger partial charge on any atom is -0.452 e. The van der Waals surface area contributed by atoms with Crippen LogP contribution >= 0.6 is 0 Å². The van der Waals surface area contributed by atoms with E-state index in [1.807, 2.05) is 23.1 Å². The van der Waals surface area contributed by atoms with Crippen molar-refractivity contribution in [2.75, 3.05) is 6.54 Å². The van der Waals surface area contributed by atoms with Crippen LogP contribution in [-0.2, 0) is 13.1 Å². The molecule has 0 aliphatic carbocycles. The number of nitrogens with one attached hydrogen (secondary N) is 1. The number of ether oxygens (including phenoxy) is 1. The van der Waals surface area contributed by atoms with Crippen LogP contribution in [0.2, 0.25) is 0 Å². The smallest absolute Gasteiger partial charge is 0.165 e. The molecule has 2 aromatic heterocycles. The van der Waals surface area contributed by atoms with Crippen molar-refractivity contribution < 1.29 is 4.74 Å². The molecule has 0 atom stereocenters. The van der Waals surface area contributed by atoms with Crippen LogP contribution < -0.4 is 10.1 Å². The number of rotatable bonds is 8. The van der Waals surface area contributed by atoms with Crippen molar-refractivity contribution in [1.29, 1.82) is 0 Å². The molecule has 5 heteroatoms. The summed E-state index contributed by atoms with van der Waals surface area (Å²) in [5.74, 6) is 1.50. The summed E-state index contributed by atoms with van der Waals surface area (Å²) < 4.78 is 7.66. The fourth-order valence-corrected chi connectivity index (χ4v) is 1.91. The predicted octanol–water partition coefficient (Wildman–Crippen LogP) is 2.98. The van der Waals surface area contributed by atoms with Gasteiger partial charge >= 0.3 is 0 Å². The largest absolute Gasteiger partial charge is 0.452 e. The fourth-order valence-electron chi connectivity index (χ4n) is 1.91. The van der Waals surface area contributed by atoms with E-state index in [-0.39, 0.29) is 0 Å². The quantitative estimate of drug-likeness (QED) is 0.752. The molecule has 0 spiro atoms. The average Bonchev–Trinajstić information content (AvgIpc) is 2.87. The SMILES string of the molecule is CCCNCc1cncc(Oc2cnn(CCC)c2)c1. The number of aryl methyl sites for hydroxylation is 1. The molecule has 0 aliphatic heterocycles. The average molecular weight is 274 g/mol. The minimum atomic E-state index is 0.747. The molecule has 0 fully saturated rings. The summed E-state index contributed by atoms with van der Waals surface area (Å²) in [7, 11) is 0. The first-order chi connectivity index (χ1) is 9.81. The third kappa shape index (κ3) is 4.35. The van der Waals surface area contributed by atoms with Crippen molar-refractivity contribution in [3.63, 3.8) is 0 Å². The van der Waals surface area contributed by atoms with Gasteiger partial charge in [0.1, 0.15) is 5.75 Å². The van der Waals surface area contributed by atoms with E-state index < -0.39 is 0 Å². The fraction of sp³-hybridized carbons (Fsp3) is 0.467. The van der Waals surface area contributed by atoms with Gasteiger partial charge in [-0.3, -0.25) is 9.67 Å². The standard InChI is InChI=1S/C15H22N4O/c1-3-5-16-8-13-7-14(10-17-9-13)20-15-11-18-19(12-15)6-4-2/h7,9-12,16H,3-6,8H2,1-2H3. The number of aromatic nitrogens is 3. The Hall–Kier alpha value is -1.88. The Morgan fingerprint density at radius 1 is 1.15 bits per heavy atom. The molecule has 0 bridgehead atoms. The number of hydrogen-bond acceptors (Lipinski definition) is 4. The molecule has 0 unspecified atom stereocenters. The molecule has 2 heterocycles. The van der Waals surface area contributed by atoms with Gasteiger partial charge in [-0.2, -0.15) is 5.10 Å². The molecule has 0 saturated heterocycles. The van der Waals surface area contributed by atoms with Crippen molar-refractivity contribution in [1.82, 2.24) is 20.1 Å². The van der Waals surface area contributed by atoms with Crippen LogP contribution in [0.15, 0.2) is 30.9 Å². The Bertz CT molecular complexity index is 524. The lowest BCUT2D eigenvalue weighted by molar-refractivity contribution is 0.477. The zero-order chi connectivity index (χ0) is 14.2. The Balaban J connectivity index is 1.95. The molecular weight excluding hydrogens is 252 g/mol. The highest BCUT2D eigenvalue weighted by Gasteiger charge is 2.03. The van der Waals surface area contributed by atoms with Gasteiger partial charge in [0.05, 0.1) is 18.6 Å². The molecule has 20 heavy (non-hydrogen) atoms. The maximum Gasteiger partial charge on any atom is 0.165 e. The Kier molecular flexibility index (Phi) is 5.55. The van der Waals surface area contributed by atoms with E-state index in [1.54, 1.807) is 12.4 Å². The molecule has 108 valence electrons. The van der Waals surface area contributed by atoms with Crippen LogP contribution in [0.25, 0.3) is 0 Å². The van der Waals surface area contributed by atoms with Gasteiger partial charge in [-0.05, 0) is 31.0 Å². The van der Waals surface area contributed by atoms with Crippen LogP contribution in [-0.4, -0.2) is 21.3 Å². The molecule has 5 nitrogen and oxygen atoms in total. The topological polar surface area (TPSA) is 52.0 Å². The molecule has 2 aromatic rings. The molecule has 0 amide bonds. The van der Waals surface area contributed by atoms with Gasteiger partial charge in [-0.15, -0.1) is 0 Å². The highest BCUT2D eigenvalue weighted by Crippen LogP contribution is 2.20. The van der Waals surface area contributed by atoms with Crippen LogP contribution in [0, 0.1) is 0 Å². The zero-order valence-corrected chi connectivity index (χ0v) is 12.2. The lowest BCUT2D eigenvalue weighted by Crippen LogP contribution is -2.13. The number of nitrogens with zero attached hydrogens (tertiary/aromatic N) is 3. The molecule has 1 N–H and O–H groups in total. The van der Waals surface area contributed by atoms with Gasteiger partial charge in [-0.25, -0.2) is 0 Å². The predicted molar refractivity (Wildman–Crippen MR) is 78.8 cm³/mol. The molecule has 2 rings (SSSR count). The second-order valence-electron chi connectivity index (χ2n) is 4.75. The lowest BCUT2D eigenvalue weighted by Gasteiger charge is -2.06. The monoisotopic (exact) mass is 274 g/mol. The summed E-state index contributed by atoms with van der Waals surface area (Å²) in [6.45, 7) is 7.00. The summed E-state index contributed by atoms with van der Waals surface area (Å²) in [6.07, 6.45) is 9.40. The highest BCUT2D eigenvalue weighted by atomic mass is 16.5.